The third kappa shape index (κ3) is 4.07. The summed E-state index contributed by atoms with van der Waals surface area (Å²) in [6.45, 7) is 1.36. The van der Waals surface area contributed by atoms with E-state index in [1.807, 2.05) is 18.2 Å². The normalized spacial score (nSPS) is 9.95. The monoisotopic (exact) mass is 285 g/mol. The Bertz CT molecular complexity index is 653. The Morgan fingerprint density at radius 3 is 2.43 bits per heavy atom. The summed E-state index contributed by atoms with van der Waals surface area (Å²) < 4.78 is 5.72. The van der Waals surface area contributed by atoms with Gasteiger partial charge in [-0.25, -0.2) is 0 Å². The molecule has 0 unspecified atom stereocenters. The van der Waals surface area contributed by atoms with Crippen LogP contribution in [0.25, 0.3) is 0 Å². The molecule has 5 heteroatoms. The third-order valence-electron chi connectivity index (χ3n) is 2.73. The van der Waals surface area contributed by atoms with Crippen molar-refractivity contribution in [3.63, 3.8) is 0 Å². The molecule has 0 aromatic heterocycles. The summed E-state index contributed by atoms with van der Waals surface area (Å²) in [6.07, 6.45) is -0.193. The predicted octanol–water partition coefficient (Wildman–Crippen LogP) is 3.06. The predicted molar refractivity (Wildman–Crippen MR) is 78.6 cm³/mol. The fourth-order valence-corrected chi connectivity index (χ4v) is 1.91. The number of anilines is 1. The van der Waals surface area contributed by atoms with Crippen molar-refractivity contribution in [3.8, 4) is 11.5 Å². The Labute approximate surface area is 122 Å². The minimum atomic E-state index is -0.974. The Hall–Kier alpha value is -2.82. The van der Waals surface area contributed by atoms with Gasteiger partial charge in [-0.05, 0) is 23.8 Å². The Balaban J connectivity index is 2.39. The molecule has 2 aromatic carbocycles. The number of amides is 1. The molecule has 0 aliphatic rings. The van der Waals surface area contributed by atoms with Gasteiger partial charge in [-0.3, -0.25) is 9.59 Å². The summed E-state index contributed by atoms with van der Waals surface area (Å²) in [4.78, 5) is 22.3. The zero-order valence-electron chi connectivity index (χ0n) is 11.5. The van der Waals surface area contributed by atoms with Gasteiger partial charge in [0.15, 0.2) is 5.75 Å². The second-order valence-electron chi connectivity index (χ2n) is 4.46. The van der Waals surface area contributed by atoms with Gasteiger partial charge in [0.1, 0.15) is 5.75 Å². The number of ether oxygens (including phenoxy) is 1. The zero-order chi connectivity index (χ0) is 15.2. The number of benzene rings is 2. The van der Waals surface area contributed by atoms with Crippen LogP contribution < -0.4 is 10.1 Å². The van der Waals surface area contributed by atoms with E-state index in [0.29, 0.717) is 22.7 Å². The van der Waals surface area contributed by atoms with Gasteiger partial charge in [0.2, 0.25) is 5.91 Å². The van der Waals surface area contributed by atoms with E-state index >= 15 is 0 Å². The Morgan fingerprint density at radius 1 is 1.10 bits per heavy atom. The number of carboxylic acids is 1. The minimum Gasteiger partial charge on any atom is -0.481 e. The minimum absolute atomic E-state index is 0.193. The van der Waals surface area contributed by atoms with Crippen molar-refractivity contribution >= 4 is 17.6 Å². The summed E-state index contributed by atoms with van der Waals surface area (Å²) in [5.41, 5.74) is 0.877. The molecule has 0 saturated carbocycles. The molecule has 0 heterocycles. The van der Waals surface area contributed by atoms with Crippen LogP contribution >= 0.6 is 0 Å². The van der Waals surface area contributed by atoms with Crippen molar-refractivity contribution in [1.29, 1.82) is 0 Å². The lowest BCUT2D eigenvalue weighted by atomic mass is 10.1. The van der Waals surface area contributed by atoms with Gasteiger partial charge in [0, 0.05) is 6.92 Å². The first-order valence-corrected chi connectivity index (χ1v) is 6.40. The first-order valence-electron chi connectivity index (χ1n) is 6.40. The van der Waals surface area contributed by atoms with Crippen molar-refractivity contribution in [2.75, 3.05) is 5.32 Å². The second-order valence-corrected chi connectivity index (χ2v) is 4.46. The lowest BCUT2D eigenvalue weighted by Crippen LogP contribution is -2.11. The smallest absolute Gasteiger partial charge is 0.307 e. The van der Waals surface area contributed by atoms with Crippen LogP contribution in [0.3, 0.4) is 0 Å². The number of nitrogens with one attached hydrogen (secondary N) is 1. The second kappa shape index (κ2) is 6.56. The summed E-state index contributed by atoms with van der Waals surface area (Å²) >= 11 is 0. The van der Waals surface area contributed by atoms with Gasteiger partial charge in [-0.2, -0.15) is 0 Å². The van der Waals surface area contributed by atoms with Crippen LogP contribution in [0.4, 0.5) is 5.69 Å². The number of carbonyl (C=O) groups excluding carboxylic acids is 1. The van der Waals surface area contributed by atoms with Crippen LogP contribution in [-0.2, 0) is 16.0 Å². The van der Waals surface area contributed by atoms with Crippen LogP contribution in [0.1, 0.15) is 12.5 Å². The lowest BCUT2D eigenvalue weighted by molar-refractivity contribution is -0.136. The van der Waals surface area contributed by atoms with Gasteiger partial charge in [0.25, 0.3) is 0 Å². The molecular weight excluding hydrogens is 270 g/mol. The number of hydrogen-bond acceptors (Lipinski definition) is 3. The van der Waals surface area contributed by atoms with Gasteiger partial charge in [-0.1, -0.05) is 30.3 Å². The fourth-order valence-electron chi connectivity index (χ4n) is 1.91. The zero-order valence-corrected chi connectivity index (χ0v) is 11.5. The van der Waals surface area contributed by atoms with Crippen molar-refractivity contribution in [3.05, 3.63) is 54.1 Å². The molecule has 0 spiro atoms. The molecule has 0 bridgehead atoms. The maximum Gasteiger partial charge on any atom is 0.307 e. The van der Waals surface area contributed by atoms with Gasteiger partial charge in [0.05, 0.1) is 12.1 Å². The lowest BCUT2D eigenvalue weighted by Gasteiger charge is -2.14. The van der Waals surface area contributed by atoms with E-state index in [1.54, 1.807) is 30.3 Å². The molecule has 0 radical (unpaired) electrons. The quantitative estimate of drug-likeness (QED) is 0.885. The van der Waals surface area contributed by atoms with Gasteiger partial charge >= 0.3 is 5.97 Å². The molecule has 0 fully saturated rings. The van der Waals surface area contributed by atoms with Crippen molar-refractivity contribution in [1.82, 2.24) is 0 Å². The topological polar surface area (TPSA) is 75.6 Å². The van der Waals surface area contributed by atoms with E-state index in [0.717, 1.165) is 0 Å². The number of para-hydroxylation sites is 2. The van der Waals surface area contributed by atoms with E-state index < -0.39 is 5.97 Å². The average molecular weight is 285 g/mol. The third-order valence-corrected chi connectivity index (χ3v) is 2.73. The van der Waals surface area contributed by atoms with E-state index in [1.165, 1.54) is 6.92 Å². The summed E-state index contributed by atoms with van der Waals surface area (Å²) in [6, 6.07) is 14.1. The summed E-state index contributed by atoms with van der Waals surface area (Å²) in [5, 5.41) is 11.6. The molecule has 21 heavy (non-hydrogen) atoms. The SMILES string of the molecule is CC(=O)Nc1c(CC(=O)O)cccc1Oc1ccccc1. The highest BCUT2D eigenvalue weighted by Gasteiger charge is 2.14. The summed E-state index contributed by atoms with van der Waals surface area (Å²) in [7, 11) is 0. The van der Waals surface area contributed by atoms with Gasteiger partial charge in [-0.15, -0.1) is 0 Å². The number of carbonyl (C=O) groups is 2. The number of aliphatic carboxylic acids is 1. The van der Waals surface area contributed by atoms with E-state index in [2.05, 4.69) is 5.32 Å². The van der Waals surface area contributed by atoms with E-state index in [9.17, 15) is 9.59 Å². The Kier molecular flexibility index (Phi) is 4.56. The molecule has 1 amide bonds. The molecule has 5 nitrogen and oxygen atoms in total. The maximum absolute atomic E-state index is 11.3. The average Bonchev–Trinajstić information content (AvgIpc) is 2.42. The standard InChI is InChI=1S/C16H15NO4/c1-11(18)17-16-12(10-15(19)20)6-5-9-14(16)21-13-7-3-2-4-8-13/h2-9H,10H2,1H3,(H,17,18)(H,19,20). The fraction of sp³-hybridized carbons (Fsp3) is 0.125. The van der Waals surface area contributed by atoms with Crippen molar-refractivity contribution in [2.24, 2.45) is 0 Å². The highest BCUT2D eigenvalue weighted by Crippen LogP contribution is 2.32. The molecule has 0 aliphatic heterocycles. The molecule has 0 atom stereocenters. The first-order chi connectivity index (χ1) is 10.1. The van der Waals surface area contributed by atoms with Crippen LogP contribution in [0.15, 0.2) is 48.5 Å². The molecular formula is C16H15NO4. The van der Waals surface area contributed by atoms with Crippen LogP contribution in [0.2, 0.25) is 0 Å². The largest absolute Gasteiger partial charge is 0.481 e. The Morgan fingerprint density at radius 2 is 1.81 bits per heavy atom. The van der Waals surface area contributed by atoms with Crippen molar-refractivity contribution in [2.45, 2.75) is 13.3 Å². The van der Waals surface area contributed by atoms with Crippen LogP contribution in [0.5, 0.6) is 11.5 Å². The maximum atomic E-state index is 11.3. The van der Waals surface area contributed by atoms with E-state index in [4.69, 9.17) is 9.84 Å². The molecule has 2 N–H and O–H groups in total. The van der Waals surface area contributed by atoms with Gasteiger partial charge < -0.3 is 15.2 Å². The number of hydrogen-bond donors (Lipinski definition) is 2. The molecule has 0 saturated heterocycles. The first kappa shape index (κ1) is 14.6. The number of carboxylic acid groups (broad SMARTS) is 1. The molecule has 2 rings (SSSR count). The number of rotatable bonds is 5. The highest BCUT2D eigenvalue weighted by molar-refractivity contribution is 5.92. The molecule has 0 aliphatic carbocycles. The summed E-state index contributed by atoms with van der Waals surface area (Å²) in [5.74, 6) is -0.240. The van der Waals surface area contributed by atoms with Crippen LogP contribution in [0, 0.1) is 0 Å². The van der Waals surface area contributed by atoms with Crippen LogP contribution in [-0.4, -0.2) is 17.0 Å². The van der Waals surface area contributed by atoms with E-state index in [-0.39, 0.29) is 12.3 Å². The molecule has 2 aromatic rings. The highest BCUT2D eigenvalue weighted by atomic mass is 16.5. The van der Waals surface area contributed by atoms with Crippen molar-refractivity contribution < 1.29 is 19.4 Å². The molecule has 108 valence electrons.